The summed E-state index contributed by atoms with van der Waals surface area (Å²) in [4.78, 5) is 14.4. The van der Waals surface area contributed by atoms with Gasteiger partial charge in [0.2, 0.25) is 5.91 Å². The second-order valence-corrected chi connectivity index (χ2v) is 8.05. The lowest BCUT2D eigenvalue weighted by Gasteiger charge is -2.33. The Morgan fingerprint density at radius 2 is 2.10 bits per heavy atom. The number of amides is 1. The molecule has 1 aliphatic heterocycles. The Labute approximate surface area is 171 Å². The van der Waals surface area contributed by atoms with Gasteiger partial charge in [-0.05, 0) is 44.4 Å². The Morgan fingerprint density at radius 1 is 1.31 bits per heavy atom. The van der Waals surface area contributed by atoms with Crippen molar-refractivity contribution in [1.29, 1.82) is 0 Å². The number of nitrogens with one attached hydrogen (secondary N) is 1. The second-order valence-electron chi connectivity index (χ2n) is 7.11. The van der Waals surface area contributed by atoms with Gasteiger partial charge in [0.15, 0.2) is 11.0 Å². The maximum absolute atomic E-state index is 12.8. The molecule has 158 valence electrons. The van der Waals surface area contributed by atoms with E-state index in [0.717, 1.165) is 37.9 Å². The molecule has 0 spiro atoms. The van der Waals surface area contributed by atoms with Crippen LogP contribution in [-0.2, 0) is 24.6 Å². The summed E-state index contributed by atoms with van der Waals surface area (Å²) in [5.74, 6) is 0.953. The monoisotopic (exact) mass is 427 g/mol. The number of rotatable bonds is 6. The predicted molar refractivity (Wildman–Crippen MR) is 106 cm³/mol. The molecule has 3 rings (SSSR count). The molecule has 29 heavy (non-hydrogen) atoms. The highest BCUT2D eigenvalue weighted by Gasteiger charge is 2.30. The summed E-state index contributed by atoms with van der Waals surface area (Å²) in [5.41, 5.74) is -0.353. The van der Waals surface area contributed by atoms with Gasteiger partial charge in [-0.15, -0.1) is 10.2 Å². The van der Waals surface area contributed by atoms with Gasteiger partial charge in [0.25, 0.3) is 0 Å². The highest BCUT2D eigenvalue weighted by molar-refractivity contribution is 7.99. The van der Waals surface area contributed by atoms with Crippen molar-refractivity contribution >= 4 is 23.4 Å². The molecule has 0 radical (unpaired) electrons. The van der Waals surface area contributed by atoms with E-state index < -0.39 is 11.7 Å². The van der Waals surface area contributed by atoms with Crippen molar-refractivity contribution in [1.82, 2.24) is 19.7 Å². The summed E-state index contributed by atoms with van der Waals surface area (Å²) in [6.07, 6.45) is -1.16. The maximum Gasteiger partial charge on any atom is 0.416 e. The van der Waals surface area contributed by atoms with Crippen molar-refractivity contribution in [2.75, 3.05) is 17.6 Å². The van der Waals surface area contributed by atoms with E-state index in [4.69, 9.17) is 0 Å². The topological polar surface area (TPSA) is 63.1 Å². The number of benzene rings is 1. The van der Waals surface area contributed by atoms with Crippen LogP contribution in [0.15, 0.2) is 29.4 Å². The van der Waals surface area contributed by atoms with Crippen molar-refractivity contribution in [3.8, 4) is 0 Å². The molecule has 10 heteroatoms. The first-order valence-electron chi connectivity index (χ1n) is 9.47. The smallest absolute Gasteiger partial charge is 0.378 e. The minimum absolute atomic E-state index is 0.0915. The summed E-state index contributed by atoms with van der Waals surface area (Å²) in [6, 6.07) is 5.28. The van der Waals surface area contributed by atoms with Crippen LogP contribution in [0.3, 0.4) is 0 Å². The van der Waals surface area contributed by atoms with Gasteiger partial charge >= 0.3 is 6.18 Å². The molecule has 6 nitrogen and oxygen atoms in total. The van der Waals surface area contributed by atoms with Gasteiger partial charge in [0.1, 0.15) is 0 Å². The fourth-order valence-electron chi connectivity index (χ4n) is 3.29. The number of hydrogen-bond acceptors (Lipinski definition) is 5. The van der Waals surface area contributed by atoms with Crippen LogP contribution in [0, 0.1) is 0 Å². The zero-order chi connectivity index (χ0) is 21.0. The summed E-state index contributed by atoms with van der Waals surface area (Å²) in [5, 5.41) is 11.7. The van der Waals surface area contributed by atoms with Crippen LogP contribution in [0.2, 0.25) is 0 Å². The molecular weight excluding hydrogens is 403 g/mol. The first kappa shape index (κ1) is 21.5. The van der Waals surface area contributed by atoms with Crippen molar-refractivity contribution < 1.29 is 18.0 Å². The highest BCUT2D eigenvalue weighted by Crippen LogP contribution is 2.30. The van der Waals surface area contributed by atoms with Crippen molar-refractivity contribution in [2.24, 2.45) is 7.05 Å². The number of carbonyl (C=O) groups excluding carboxylic acids is 1. The number of aromatic nitrogens is 3. The summed E-state index contributed by atoms with van der Waals surface area (Å²) in [6.45, 7) is 3.09. The Kier molecular flexibility index (Phi) is 6.71. The van der Waals surface area contributed by atoms with Crippen LogP contribution in [0.25, 0.3) is 0 Å². The van der Waals surface area contributed by atoms with Gasteiger partial charge in [0.05, 0.1) is 17.9 Å². The van der Waals surface area contributed by atoms with Crippen LogP contribution in [-0.4, -0.2) is 43.9 Å². The summed E-state index contributed by atoms with van der Waals surface area (Å²) >= 11 is 1.32. The molecule has 1 fully saturated rings. The second kappa shape index (κ2) is 9.06. The largest absolute Gasteiger partial charge is 0.416 e. The normalized spacial score (nSPS) is 17.4. The Hall–Kier alpha value is -2.23. The van der Waals surface area contributed by atoms with E-state index in [2.05, 4.69) is 22.4 Å². The van der Waals surface area contributed by atoms with E-state index in [1.807, 2.05) is 4.90 Å². The van der Waals surface area contributed by atoms with Gasteiger partial charge in [-0.2, -0.15) is 13.2 Å². The third kappa shape index (κ3) is 5.43. The molecule has 1 aliphatic rings. The third-order valence-electron chi connectivity index (χ3n) is 5.01. The highest BCUT2D eigenvalue weighted by atomic mass is 32.2. The molecule has 1 amide bonds. The number of anilines is 1. The fourth-order valence-corrected chi connectivity index (χ4v) is 4.11. The third-order valence-corrected chi connectivity index (χ3v) is 6.02. The molecule has 1 N–H and O–H groups in total. The van der Waals surface area contributed by atoms with Crippen molar-refractivity contribution in [2.45, 2.75) is 50.1 Å². The van der Waals surface area contributed by atoms with E-state index in [1.54, 1.807) is 17.7 Å². The van der Waals surface area contributed by atoms with E-state index in [1.165, 1.54) is 17.8 Å². The predicted octanol–water partition coefficient (Wildman–Crippen LogP) is 3.94. The average Bonchev–Trinajstić information content (AvgIpc) is 3.04. The number of thioether (sulfide) groups is 1. The Morgan fingerprint density at radius 3 is 2.83 bits per heavy atom. The minimum Gasteiger partial charge on any atom is -0.378 e. The number of carbonyl (C=O) groups is 1. The molecule has 0 saturated carbocycles. The van der Waals surface area contributed by atoms with E-state index in [-0.39, 0.29) is 24.2 Å². The molecule has 0 unspecified atom stereocenters. The number of piperidine rings is 1. The first-order valence-corrected chi connectivity index (χ1v) is 10.5. The molecule has 1 saturated heterocycles. The molecule has 1 aromatic heterocycles. The molecule has 2 heterocycles. The summed E-state index contributed by atoms with van der Waals surface area (Å²) < 4.78 is 40.2. The minimum atomic E-state index is -4.38. The van der Waals surface area contributed by atoms with Crippen molar-refractivity contribution in [3.05, 3.63) is 35.7 Å². The van der Waals surface area contributed by atoms with Gasteiger partial charge in [-0.1, -0.05) is 17.8 Å². The van der Waals surface area contributed by atoms with E-state index >= 15 is 0 Å². The van der Waals surface area contributed by atoms with Crippen LogP contribution in [0.4, 0.5) is 18.9 Å². The first-order chi connectivity index (χ1) is 13.8. The molecule has 1 atom stereocenters. The number of halogens is 3. The Bertz CT molecular complexity index is 855. The van der Waals surface area contributed by atoms with Crippen LogP contribution in [0.1, 0.15) is 37.6 Å². The average molecular weight is 427 g/mol. The zero-order valence-electron chi connectivity index (χ0n) is 16.4. The molecular formula is C19H24F3N5OS. The standard InChI is InChI=1S/C19H24F3N5OS/c1-13-6-3-4-9-27(13)17(28)12-29-18-25-24-16(26(18)2)11-23-15-8-5-7-14(10-15)19(20,21)22/h5,7-8,10,13,23H,3-4,6,9,11-12H2,1-2H3/t13-/m1/s1. The lowest BCUT2D eigenvalue weighted by molar-refractivity contribution is -0.137. The number of hydrogen-bond donors (Lipinski definition) is 1. The molecule has 0 bridgehead atoms. The van der Waals surface area contributed by atoms with Gasteiger partial charge in [-0.3, -0.25) is 4.79 Å². The van der Waals surface area contributed by atoms with Gasteiger partial charge < -0.3 is 14.8 Å². The zero-order valence-corrected chi connectivity index (χ0v) is 17.2. The fraction of sp³-hybridized carbons (Fsp3) is 0.526. The Balaban J connectivity index is 1.56. The van der Waals surface area contributed by atoms with E-state index in [9.17, 15) is 18.0 Å². The molecule has 2 aromatic rings. The van der Waals surface area contributed by atoms with E-state index in [0.29, 0.717) is 16.7 Å². The number of alkyl halides is 3. The van der Waals surface area contributed by atoms with Crippen LogP contribution < -0.4 is 5.32 Å². The van der Waals surface area contributed by atoms with Crippen LogP contribution >= 0.6 is 11.8 Å². The lowest BCUT2D eigenvalue weighted by Crippen LogP contribution is -2.42. The number of likely N-dealkylation sites (tertiary alicyclic amines) is 1. The quantitative estimate of drug-likeness (QED) is 0.708. The van der Waals surface area contributed by atoms with Crippen molar-refractivity contribution in [3.63, 3.8) is 0 Å². The SMILES string of the molecule is C[C@@H]1CCCCN1C(=O)CSc1nnc(CNc2cccc(C(F)(F)F)c2)n1C. The van der Waals surface area contributed by atoms with Crippen LogP contribution in [0.5, 0.6) is 0 Å². The lowest BCUT2D eigenvalue weighted by atomic mass is 10.0. The summed E-state index contributed by atoms with van der Waals surface area (Å²) in [7, 11) is 1.78. The number of nitrogens with zero attached hydrogens (tertiary/aromatic N) is 4. The van der Waals surface area contributed by atoms with Gasteiger partial charge in [0, 0.05) is 25.3 Å². The maximum atomic E-state index is 12.8. The molecule has 0 aliphatic carbocycles. The van der Waals surface area contributed by atoms with Gasteiger partial charge in [-0.25, -0.2) is 0 Å². The molecule has 1 aromatic carbocycles.